The first-order valence-electron chi connectivity index (χ1n) is 14.3. The van der Waals surface area contributed by atoms with Crippen molar-refractivity contribution in [1.29, 1.82) is 0 Å². The van der Waals surface area contributed by atoms with E-state index in [0.29, 0.717) is 24.5 Å². The monoisotopic (exact) mass is 593 g/mol. The molecule has 2 aromatic rings. The number of terminal acetylenes is 1. The second kappa shape index (κ2) is 15.4. The van der Waals surface area contributed by atoms with Gasteiger partial charge in [0.05, 0.1) is 7.11 Å². The molecule has 1 aromatic carbocycles. The van der Waals surface area contributed by atoms with Crippen molar-refractivity contribution in [3.8, 4) is 18.6 Å². The van der Waals surface area contributed by atoms with Gasteiger partial charge in [0.15, 0.2) is 5.54 Å². The number of nitrogens with one attached hydrogen (secondary N) is 3. The van der Waals surface area contributed by atoms with Gasteiger partial charge >= 0.3 is 6.03 Å². The number of hydrogen-bond acceptors (Lipinski definition) is 8. The molecule has 2 fully saturated rings. The second-order valence-corrected chi connectivity index (χ2v) is 10.7. The maximum absolute atomic E-state index is 12.1. The van der Waals surface area contributed by atoms with E-state index in [1.807, 2.05) is 31.2 Å². The predicted octanol–water partition coefficient (Wildman–Crippen LogP) is 3.23. The van der Waals surface area contributed by atoms with E-state index in [1.165, 1.54) is 25.9 Å². The molecule has 11 nitrogen and oxygen atoms in total. The zero-order valence-corrected chi connectivity index (χ0v) is 25.7. The maximum atomic E-state index is 12.1. The van der Waals surface area contributed by atoms with Crippen LogP contribution < -0.4 is 20.7 Å². The van der Waals surface area contributed by atoms with Crippen molar-refractivity contribution in [2.45, 2.75) is 51.4 Å². The predicted molar refractivity (Wildman–Crippen MR) is 164 cm³/mol. The summed E-state index contributed by atoms with van der Waals surface area (Å²) < 4.78 is 16.3. The van der Waals surface area contributed by atoms with Crippen LogP contribution in [0.15, 0.2) is 34.8 Å². The fourth-order valence-electron chi connectivity index (χ4n) is 5.15. The summed E-state index contributed by atoms with van der Waals surface area (Å²) in [6.45, 7) is 8.50. The molecule has 3 aliphatic rings. The van der Waals surface area contributed by atoms with E-state index in [4.69, 9.17) is 13.9 Å². The Hall–Kier alpha value is -4.11. The van der Waals surface area contributed by atoms with Crippen LogP contribution in [-0.4, -0.2) is 81.3 Å². The first-order valence-corrected chi connectivity index (χ1v) is 14.3. The normalized spacial score (nSPS) is 20.2. The molecule has 0 radical (unpaired) electrons. The molecule has 1 aromatic heterocycles. The summed E-state index contributed by atoms with van der Waals surface area (Å²) in [7, 11) is 5.10. The number of carbonyl (C=O) groups is 3. The van der Waals surface area contributed by atoms with E-state index in [2.05, 4.69) is 33.7 Å². The Kier molecular flexibility index (Phi) is 11.9. The molecular formula is C32H43N5O6. The van der Waals surface area contributed by atoms with E-state index in [-0.39, 0.29) is 12.1 Å². The molecule has 2 saturated heterocycles. The molecule has 43 heavy (non-hydrogen) atoms. The van der Waals surface area contributed by atoms with Crippen LogP contribution in [0.2, 0.25) is 0 Å². The van der Waals surface area contributed by atoms with E-state index in [0.717, 1.165) is 35.5 Å². The highest BCUT2D eigenvalue weighted by molar-refractivity contribution is 6.06. The van der Waals surface area contributed by atoms with Crippen molar-refractivity contribution in [1.82, 2.24) is 25.8 Å². The summed E-state index contributed by atoms with van der Waals surface area (Å²) >= 11 is 0. The molecule has 5 rings (SSSR count). The van der Waals surface area contributed by atoms with Crippen LogP contribution in [0.1, 0.15) is 59.2 Å². The quantitative estimate of drug-likeness (QED) is 0.218. The van der Waals surface area contributed by atoms with Crippen LogP contribution in [0.4, 0.5) is 4.79 Å². The Bertz CT molecular complexity index is 1330. The fraction of sp³-hybridized carbons (Fsp3) is 0.469. The third-order valence-corrected chi connectivity index (χ3v) is 7.73. The van der Waals surface area contributed by atoms with Crippen molar-refractivity contribution in [2.75, 3.05) is 47.4 Å². The maximum Gasteiger partial charge on any atom is 0.322 e. The minimum absolute atomic E-state index is 0.0528. The van der Waals surface area contributed by atoms with E-state index in [1.54, 1.807) is 45.2 Å². The van der Waals surface area contributed by atoms with Gasteiger partial charge in [-0.3, -0.25) is 20.2 Å². The number of benzene rings is 1. The first-order chi connectivity index (χ1) is 20.6. The van der Waals surface area contributed by atoms with Crippen LogP contribution in [0.3, 0.4) is 0 Å². The van der Waals surface area contributed by atoms with Crippen LogP contribution in [0.25, 0.3) is 6.08 Å². The minimum Gasteiger partial charge on any atom is -0.497 e. The highest BCUT2D eigenvalue weighted by atomic mass is 16.5. The van der Waals surface area contributed by atoms with Gasteiger partial charge in [0.1, 0.15) is 23.5 Å². The van der Waals surface area contributed by atoms with Crippen molar-refractivity contribution in [3.63, 3.8) is 0 Å². The Labute approximate surface area is 253 Å². The van der Waals surface area contributed by atoms with E-state index in [9.17, 15) is 14.4 Å². The molecule has 2 unspecified atom stereocenters. The lowest BCUT2D eigenvalue weighted by atomic mass is 9.99. The van der Waals surface area contributed by atoms with Gasteiger partial charge in [-0.25, -0.2) is 4.79 Å². The largest absolute Gasteiger partial charge is 0.497 e. The minimum atomic E-state index is -1.18. The average Bonchev–Trinajstić information content (AvgIpc) is 3.77. The lowest BCUT2D eigenvalue weighted by Crippen LogP contribution is -2.40. The van der Waals surface area contributed by atoms with Crippen LogP contribution in [0, 0.1) is 19.8 Å². The smallest absolute Gasteiger partial charge is 0.322 e. The summed E-state index contributed by atoms with van der Waals surface area (Å²) in [5.74, 6) is 1.51. The summed E-state index contributed by atoms with van der Waals surface area (Å²) in [4.78, 5) is 39.2. The van der Waals surface area contributed by atoms with Gasteiger partial charge in [-0.15, -0.1) is 12.8 Å². The second-order valence-electron chi connectivity index (χ2n) is 10.7. The molecule has 0 spiro atoms. The number of rotatable bonds is 10. The van der Waals surface area contributed by atoms with Crippen LogP contribution in [0.5, 0.6) is 5.75 Å². The number of furan rings is 1. The van der Waals surface area contributed by atoms with Gasteiger partial charge in [0.25, 0.3) is 11.8 Å². The number of nitrogens with zero attached hydrogens (tertiary/aromatic N) is 2. The number of fused-ring (bicyclic) bond motifs is 1. The third kappa shape index (κ3) is 8.26. The molecule has 4 amide bonds. The fourth-order valence-corrected chi connectivity index (χ4v) is 5.15. The van der Waals surface area contributed by atoms with Crippen molar-refractivity contribution >= 4 is 23.9 Å². The molecule has 3 N–H and O–H groups in total. The Morgan fingerprint density at radius 1 is 1.16 bits per heavy atom. The molecule has 3 aliphatic heterocycles. The van der Waals surface area contributed by atoms with Gasteiger partial charge in [-0.2, -0.15) is 0 Å². The number of carbonyl (C=O) groups excluding carboxylic acids is 3. The van der Waals surface area contributed by atoms with Gasteiger partial charge < -0.3 is 29.0 Å². The van der Waals surface area contributed by atoms with E-state index < -0.39 is 17.5 Å². The standard InChI is InChI=1S/C20H30N4O4.C10H11NO2.C2H2/c1-14-15(13-16(28-14)20(2)18(25)22-19(26)23-20)7-6-8-17(27-3)21-9-12-24-10-4-5-11-24;1-11-6-7-3-4-8(13-2)5-9(7)10(11)12;1-2/h6-7,13,17,21H,4-5,8-12H2,1-3H3,(H2,22,23,25,26);3-5H,6H2,1-2H3;1-2H/b7-6-;;. The Morgan fingerprint density at radius 2 is 1.88 bits per heavy atom. The topological polar surface area (TPSA) is 125 Å². The van der Waals surface area contributed by atoms with Gasteiger partial charge in [0.2, 0.25) is 0 Å². The molecule has 0 saturated carbocycles. The summed E-state index contributed by atoms with van der Waals surface area (Å²) in [6.07, 6.45) is 15.2. The third-order valence-electron chi connectivity index (χ3n) is 7.73. The van der Waals surface area contributed by atoms with Gasteiger partial charge in [-0.05, 0) is 63.5 Å². The number of methoxy groups -OCH3 is 2. The number of urea groups is 1. The SMILES string of the molecule is C#C.COC(C/C=C\c1cc(C2(C)NC(=O)NC2=O)oc1C)NCCN1CCCC1.COc1ccc2c(c1)C(=O)N(C)C2. The van der Waals surface area contributed by atoms with Crippen molar-refractivity contribution < 1.29 is 28.3 Å². The Morgan fingerprint density at radius 3 is 2.51 bits per heavy atom. The van der Waals surface area contributed by atoms with Crippen molar-refractivity contribution in [2.24, 2.45) is 0 Å². The van der Waals surface area contributed by atoms with E-state index >= 15 is 0 Å². The van der Waals surface area contributed by atoms with Crippen LogP contribution in [-0.2, 0) is 21.6 Å². The highest BCUT2D eigenvalue weighted by Gasteiger charge is 2.46. The number of likely N-dealkylation sites (tertiary alicyclic amines) is 1. The first kappa shape index (κ1) is 33.4. The molecule has 0 bridgehead atoms. The molecule has 232 valence electrons. The number of ether oxygens (including phenoxy) is 2. The summed E-state index contributed by atoms with van der Waals surface area (Å²) in [6, 6.07) is 6.89. The number of aryl methyl sites for hydroxylation is 1. The molecular weight excluding hydrogens is 550 g/mol. The van der Waals surface area contributed by atoms with Gasteiger partial charge in [0, 0.05) is 51.3 Å². The lowest BCUT2D eigenvalue weighted by Gasteiger charge is -2.19. The molecule has 11 heteroatoms. The lowest BCUT2D eigenvalue weighted by molar-refractivity contribution is -0.124. The van der Waals surface area contributed by atoms with Crippen molar-refractivity contribution in [3.05, 3.63) is 58.6 Å². The van der Waals surface area contributed by atoms with Gasteiger partial charge in [-0.1, -0.05) is 18.2 Å². The Balaban J connectivity index is 0.000000280. The zero-order chi connectivity index (χ0) is 31.6. The number of hydrogen-bond donors (Lipinski definition) is 3. The number of imide groups is 1. The zero-order valence-electron chi connectivity index (χ0n) is 25.7. The molecule has 4 heterocycles. The number of amides is 4. The summed E-state index contributed by atoms with van der Waals surface area (Å²) in [5.41, 5.74) is 1.53. The average molecular weight is 594 g/mol. The highest BCUT2D eigenvalue weighted by Crippen LogP contribution is 2.29. The summed E-state index contributed by atoms with van der Waals surface area (Å²) in [5, 5.41) is 8.28. The molecule has 0 aliphatic carbocycles. The van der Waals surface area contributed by atoms with Crippen LogP contribution >= 0.6 is 0 Å². The molecule has 2 atom stereocenters.